The van der Waals surface area contributed by atoms with Crippen LogP contribution in [0.5, 0.6) is 0 Å². The third-order valence-corrected chi connectivity index (χ3v) is 5.95. The average Bonchev–Trinajstić information content (AvgIpc) is 2.92. The zero-order valence-corrected chi connectivity index (χ0v) is 13.7. The Kier molecular flexibility index (Phi) is 3.78. The van der Waals surface area contributed by atoms with E-state index in [0.29, 0.717) is 11.5 Å². The molecule has 2 unspecified atom stereocenters. The van der Waals surface area contributed by atoms with Gasteiger partial charge in [0.05, 0.1) is 12.4 Å². The number of nitrogens with one attached hydrogen (secondary N) is 1. The lowest BCUT2D eigenvalue weighted by molar-refractivity contribution is -0.0962. The first-order valence-electron chi connectivity index (χ1n) is 6.50. The number of ether oxygens (including phenoxy) is 1. The lowest BCUT2D eigenvalue weighted by Gasteiger charge is -2.33. The largest absolute Gasteiger partial charge is 0.391 e. The first-order chi connectivity index (χ1) is 9.84. The molecule has 6 N–H and O–H groups in total. The van der Waals surface area contributed by atoms with Gasteiger partial charge in [-0.25, -0.2) is 3.15 Å². The van der Waals surface area contributed by atoms with Crippen molar-refractivity contribution in [2.24, 2.45) is 13.9 Å². The number of nitrogens with two attached hydrogens (primary N) is 1. The Labute approximate surface area is 132 Å². The van der Waals surface area contributed by atoms with Crippen LogP contribution in [0.25, 0.3) is 0 Å². The summed E-state index contributed by atoms with van der Waals surface area (Å²) in [5.74, 6) is 0.647. The number of hydrogen-bond acceptors (Lipinski definition) is 9. The van der Waals surface area contributed by atoms with E-state index >= 15 is 0 Å². The van der Waals surface area contributed by atoms with E-state index in [9.17, 15) is 15.3 Å². The summed E-state index contributed by atoms with van der Waals surface area (Å²) < 4.78 is 11.9. The Bertz CT molecular complexity index is 535. The predicted molar refractivity (Wildman–Crippen MR) is 81.9 cm³/mol. The second kappa shape index (κ2) is 5.21. The van der Waals surface area contributed by atoms with Gasteiger partial charge in [-0.15, -0.1) is 0 Å². The number of aliphatic hydroxyl groups excluding tert-OH is 2. The van der Waals surface area contributed by atoms with Crippen molar-refractivity contribution in [2.45, 2.75) is 50.2 Å². The number of nitrogens with zero attached hydrogens (tertiary/aromatic N) is 3. The van der Waals surface area contributed by atoms with Gasteiger partial charge >= 0.3 is 0 Å². The molecular formula is C11H18IN5O4. The number of hydrogen-bond donors (Lipinski definition) is 5. The van der Waals surface area contributed by atoms with E-state index in [1.807, 2.05) is 0 Å². The van der Waals surface area contributed by atoms with Gasteiger partial charge in [-0.2, -0.15) is 0 Å². The van der Waals surface area contributed by atoms with Gasteiger partial charge < -0.3 is 31.1 Å². The third kappa shape index (κ3) is 2.29. The molecular weight excluding hydrogens is 393 g/mol. The summed E-state index contributed by atoms with van der Waals surface area (Å²) in [6.45, 7) is 3.01. The van der Waals surface area contributed by atoms with Crippen molar-refractivity contribution >= 4 is 27.6 Å². The van der Waals surface area contributed by atoms with Crippen molar-refractivity contribution in [3.8, 4) is 0 Å². The molecule has 0 aliphatic carbocycles. The van der Waals surface area contributed by atoms with Crippen molar-refractivity contribution in [3.05, 3.63) is 11.5 Å². The average molecular weight is 411 g/mol. The molecule has 0 amide bonds. The predicted octanol–water partition coefficient (Wildman–Crippen LogP) is -1.33. The van der Waals surface area contributed by atoms with E-state index in [-0.39, 0.29) is 0 Å². The van der Waals surface area contributed by atoms with Crippen LogP contribution in [0.2, 0.25) is 0 Å². The van der Waals surface area contributed by atoms with Crippen LogP contribution < -0.4 is 11.1 Å². The molecule has 3 aliphatic heterocycles. The SMILES string of the molecule is CC(O)[C@H]1O[C@@H](N2I=NC3=C2NC=NC3N)[C@](C)(O)[C@@H]1O. The molecule has 1 saturated heterocycles. The molecule has 10 heteroatoms. The zero-order valence-electron chi connectivity index (χ0n) is 11.5. The van der Waals surface area contributed by atoms with Gasteiger partial charge in [-0.05, 0) is 13.8 Å². The van der Waals surface area contributed by atoms with Crippen LogP contribution in [0, 0.1) is 0 Å². The van der Waals surface area contributed by atoms with Crippen molar-refractivity contribution in [1.29, 1.82) is 0 Å². The van der Waals surface area contributed by atoms with Crippen LogP contribution in [0.3, 0.4) is 0 Å². The summed E-state index contributed by atoms with van der Waals surface area (Å²) in [5, 5.41) is 33.4. The van der Waals surface area contributed by atoms with Gasteiger partial charge in [-0.1, -0.05) is 0 Å². The highest BCUT2D eigenvalue weighted by atomic mass is 127. The quantitative estimate of drug-likeness (QED) is 0.281. The maximum atomic E-state index is 10.6. The van der Waals surface area contributed by atoms with E-state index in [4.69, 9.17) is 10.5 Å². The fraction of sp³-hybridized carbons (Fsp3) is 0.727. The van der Waals surface area contributed by atoms with Gasteiger partial charge in [0, 0.05) is 0 Å². The standard InChI is InChI=1S/C11H18IN5O4/c1-4(18)6-7(19)11(2,20)10(21-6)17-9-5(16-12-17)8(13)14-3-15-9/h3-4,6-8,10,18-20H,13H2,1-2H3,(H,14,15)/t4?,6-,7-,8?,10-,11-/m1/s1. The van der Waals surface area contributed by atoms with Gasteiger partial charge in [0.2, 0.25) is 0 Å². The van der Waals surface area contributed by atoms with Crippen molar-refractivity contribution in [2.75, 3.05) is 0 Å². The number of rotatable bonds is 2. The summed E-state index contributed by atoms with van der Waals surface area (Å²) in [6.07, 6.45) is -2.80. The molecule has 0 saturated carbocycles. The molecule has 0 radical (unpaired) electrons. The van der Waals surface area contributed by atoms with E-state index in [2.05, 4.69) is 13.5 Å². The minimum atomic E-state index is -1.53. The Morgan fingerprint density at radius 1 is 1.62 bits per heavy atom. The molecule has 9 nitrogen and oxygen atoms in total. The summed E-state index contributed by atoms with van der Waals surface area (Å²) in [5.41, 5.74) is 4.96. The van der Waals surface area contributed by atoms with Gasteiger partial charge in [-0.3, -0.25) is 8.11 Å². The Balaban J connectivity index is 1.90. The lowest BCUT2D eigenvalue weighted by atomic mass is 9.94. The highest BCUT2D eigenvalue weighted by molar-refractivity contribution is 14.1. The second-order valence-corrected chi connectivity index (χ2v) is 7.39. The Hall–Kier alpha value is -0.660. The lowest BCUT2D eigenvalue weighted by Crippen LogP contribution is -2.52. The Morgan fingerprint density at radius 3 is 2.95 bits per heavy atom. The van der Waals surface area contributed by atoms with Crippen LogP contribution in [0.4, 0.5) is 0 Å². The van der Waals surface area contributed by atoms with E-state index in [0.717, 1.165) is 0 Å². The Morgan fingerprint density at radius 2 is 2.33 bits per heavy atom. The monoisotopic (exact) mass is 411 g/mol. The maximum absolute atomic E-state index is 10.6. The molecule has 0 spiro atoms. The topological polar surface area (TPSA) is 136 Å². The summed E-state index contributed by atoms with van der Waals surface area (Å²) in [6, 6.07) is 0. The molecule has 0 bridgehead atoms. The number of aliphatic hydroxyl groups is 3. The van der Waals surface area contributed by atoms with Crippen LogP contribution in [-0.4, -0.2) is 61.1 Å². The van der Waals surface area contributed by atoms with E-state index in [1.165, 1.54) is 20.2 Å². The molecule has 118 valence electrons. The van der Waals surface area contributed by atoms with Crippen LogP contribution in [0.1, 0.15) is 13.8 Å². The van der Waals surface area contributed by atoms with E-state index < -0.39 is 57.6 Å². The van der Waals surface area contributed by atoms with Gasteiger partial charge in [0.15, 0.2) is 6.23 Å². The van der Waals surface area contributed by atoms with Gasteiger partial charge in [0.1, 0.15) is 56.8 Å². The van der Waals surface area contributed by atoms with Crippen LogP contribution in [-0.2, 0) is 4.74 Å². The molecule has 3 aliphatic rings. The number of halogens is 1. The fourth-order valence-corrected chi connectivity index (χ4v) is 5.00. The zero-order chi connectivity index (χ0) is 15.4. The van der Waals surface area contributed by atoms with Crippen molar-refractivity contribution in [3.63, 3.8) is 0 Å². The normalized spacial score (nSPS) is 43.6. The minimum Gasteiger partial charge on any atom is -0.391 e. The molecule has 21 heavy (non-hydrogen) atoms. The second-order valence-electron chi connectivity index (χ2n) is 5.44. The fourth-order valence-electron chi connectivity index (χ4n) is 2.50. The molecule has 0 aromatic carbocycles. The molecule has 3 rings (SSSR count). The smallest absolute Gasteiger partial charge is 0.172 e. The molecule has 3 heterocycles. The van der Waals surface area contributed by atoms with E-state index in [1.54, 1.807) is 3.11 Å². The third-order valence-electron chi connectivity index (χ3n) is 3.76. The van der Waals surface area contributed by atoms with Crippen molar-refractivity contribution in [1.82, 2.24) is 8.43 Å². The highest BCUT2D eigenvalue weighted by Crippen LogP contribution is 2.43. The van der Waals surface area contributed by atoms with Gasteiger partial charge in [0.25, 0.3) is 0 Å². The summed E-state index contributed by atoms with van der Waals surface area (Å²) in [4.78, 5) is 4.02. The maximum Gasteiger partial charge on any atom is 0.172 e. The highest BCUT2D eigenvalue weighted by Gasteiger charge is 2.57. The molecule has 0 aromatic heterocycles. The summed E-state index contributed by atoms with van der Waals surface area (Å²) in [7, 11) is 0. The van der Waals surface area contributed by atoms with Crippen LogP contribution in [0.15, 0.2) is 19.7 Å². The first-order valence-corrected chi connectivity index (χ1v) is 8.43. The minimum absolute atomic E-state index is 0.533. The molecule has 6 atom stereocenters. The summed E-state index contributed by atoms with van der Waals surface area (Å²) >= 11 is -0.851. The van der Waals surface area contributed by atoms with Crippen molar-refractivity contribution < 1.29 is 20.1 Å². The van der Waals surface area contributed by atoms with Crippen LogP contribution >= 0.6 is 21.3 Å². The molecule has 1 fully saturated rings. The number of aliphatic imine (C=N–C) groups is 1. The first kappa shape index (κ1) is 15.2. The molecule has 0 aromatic rings.